The molecular formula is C37H72N2O. The highest BCUT2D eigenvalue weighted by molar-refractivity contribution is 5.78. The maximum atomic E-state index is 12.4. The van der Waals surface area contributed by atoms with Gasteiger partial charge in [0.25, 0.3) is 0 Å². The van der Waals surface area contributed by atoms with Crippen LogP contribution in [-0.4, -0.2) is 23.9 Å². The van der Waals surface area contributed by atoms with E-state index in [4.69, 9.17) is 5.26 Å². The molecule has 0 N–H and O–H groups in total. The molecule has 3 heteroatoms. The standard InChI is InChI=1S/C37H72N2O/c1-3-5-7-9-11-13-15-17-19-21-23-25-27-29-31-35-39(37(40)33-34-38)36-32-30-28-26-24-22-20-18-16-14-12-10-8-6-4-2/h3-33,35-36H2,1-2H3. The smallest absolute Gasteiger partial charge is 0.236 e. The van der Waals surface area contributed by atoms with Gasteiger partial charge < -0.3 is 4.90 Å². The molecule has 0 aromatic rings. The van der Waals surface area contributed by atoms with Crippen LogP contribution in [0.5, 0.6) is 0 Å². The third-order valence-electron chi connectivity index (χ3n) is 8.65. The van der Waals surface area contributed by atoms with Crippen LogP contribution in [0.4, 0.5) is 0 Å². The number of amides is 1. The first-order chi connectivity index (χ1) is 19.8. The second kappa shape index (κ2) is 34.2. The molecule has 0 saturated carbocycles. The van der Waals surface area contributed by atoms with Crippen LogP contribution in [0.3, 0.4) is 0 Å². The fourth-order valence-electron chi connectivity index (χ4n) is 5.89. The number of rotatable bonds is 33. The number of nitriles is 1. The Morgan fingerprint density at radius 2 is 0.650 bits per heavy atom. The maximum absolute atomic E-state index is 12.4. The molecule has 0 bridgehead atoms. The topological polar surface area (TPSA) is 44.1 Å². The minimum Gasteiger partial charge on any atom is -0.342 e. The van der Waals surface area contributed by atoms with Crippen LogP contribution in [0.1, 0.15) is 213 Å². The van der Waals surface area contributed by atoms with Crippen molar-refractivity contribution in [3.05, 3.63) is 0 Å². The van der Waals surface area contributed by atoms with E-state index in [1.807, 2.05) is 4.90 Å². The van der Waals surface area contributed by atoms with Crippen LogP contribution in [0.2, 0.25) is 0 Å². The van der Waals surface area contributed by atoms with E-state index in [0.29, 0.717) is 0 Å². The van der Waals surface area contributed by atoms with Crippen LogP contribution < -0.4 is 0 Å². The highest BCUT2D eigenvalue weighted by Gasteiger charge is 2.12. The van der Waals surface area contributed by atoms with Gasteiger partial charge in [-0.15, -0.1) is 0 Å². The first-order valence-corrected chi connectivity index (χ1v) is 18.4. The molecule has 0 aromatic carbocycles. The molecule has 0 fully saturated rings. The molecule has 0 atom stereocenters. The number of nitrogens with zero attached hydrogens (tertiary/aromatic N) is 2. The van der Waals surface area contributed by atoms with E-state index in [0.717, 1.165) is 25.9 Å². The van der Waals surface area contributed by atoms with Crippen molar-refractivity contribution in [3.63, 3.8) is 0 Å². The average Bonchev–Trinajstić information content (AvgIpc) is 2.96. The zero-order chi connectivity index (χ0) is 29.2. The lowest BCUT2D eigenvalue weighted by atomic mass is 10.0. The second-order valence-electron chi connectivity index (χ2n) is 12.6. The minimum absolute atomic E-state index is 0.0392. The Morgan fingerprint density at radius 1 is 0.425 bits per heavy atom. The lowest BCUT2D eigenvalue weighted by Crippen LogP contribution is -2.32. The van der Waals surface area contributed by atoms with E-state index in [2.05, 4.69) is 19.9 Å². The van der Waals surface area contributed by atoms with Crippen LogP contribution in [-0.2, 0) is 4.79 Å². The van der Waals surface area contributed by atoms with Gasteiger partial charge in [0, 0.05) is 13.1 Å². The van der Waals surface area contributed by atoms with Crippen LogP contribution in [0, 0.1) is 11.3 Å². The molecule has 0 aliphatic rings. The zero-order valence-electron chi connectivity index (χ0n) is 27.6. The van der Waals surface area contributed by atoms with E-state index in [1.165, 1.54) is 180 Å². The molecule has 0 heterocycles. The maximum Gasteiger partial charge on any atom is 0.236 e. The Balaban J connectivity index is 3.60. The molecular weight excluding hydrogens is 488 g/mol. The summed E-state index contributed by atoms with van der Waals surface area (Å²) < 4.78 is 0. The quantitative estimate of drug-likeness (QED) is 0.0749. The molecule has 1 amide bonds. The van der Waals surface area contributed by atoms with Crippen molar-refractivity contribution in [2.75, 3.05) is 13.1 Å². The molecule has 0 rings (SSSR count). The van der Waals surface area contributed by atoms with E-state index >= 15 is 0 Å². The summed E-state index contributed by atoms with van der Waals surface area (Å²) in [6.45, 7) is 6.26. The summed E-state index contributed by atoms with van der Waals surface area (Å²) in [7, 11) is 0. The molecule has 0 saturated heterocycles. The highest BCUT2D eigenvalue weighted by atomic mass is 16.2. The van der Waals surface area contributed by atoms with Crippen molar-refractivity contribution in [3.8, 4) is 6.07 Å². The number of carbonyl (C=O) groups excluding carboxylic acids is 1. The summed E-state index contributed by atoms with van der Waals surface area (Å²) in [4.78, 5) is 14.4. The first kappa shape index (κ1) is 39.0. The summed E-state index contributed by atoms with van der Waals surface area (Å²) in [5.41, 5.74) is 0. The number of unbranched alkanes of at least 4 members (excludes halogenated alkanes) is 28. The fraction of sp³-hybridized carbons (Fsp3) is 0.946. The van der Waals surface area contributed by atoms with E-state index < -0.39 is 0 Å². The lowest BCUT2D eigenvalue weighted by molar-refractivity contribution is -0.130. The average molecular weight is 561 g/mol. The molecule has 3 nitrogen and oxygen atoms in total. The predicted octanol–water partition coefficient (Wildman–Crippen LogP) is 12.5. The van der Waals surface area contributed by atoms with Gasteiger partial charge in [0.1, 0.15) is 6.42 Å². The molecule has 0 radical (unpaired) electrons. The molecule has 236 valence electrons. The first-order valence-electron chi connectivity index (χ1n) is 18.4. The van der Waals surface area contributed by atoms with Gasteiger partial charge >= 0.3 is 0 Å². The van der Waals surface area contributed by atoms with Crippen LogP contribution in [0.25, 0.3) is 0 Å². The second-order valence-corrected chi connectivity index (χ2v) is 12.6. The third-order valence-corrected chi connectivity index (χ3v) is 8.65. The van der Waals surface area contributed by atoms with E-state index in [9.17, 15) is 4.79 Å². The largest absolute Gasteiger partial charge is 0.342 e. The molecule has 0 aliphatic heterocycles. The van der Waals surface area contributed by atoms with E-state index in [-0.39, 0.29) is 12.3 Å². The SMILES string of the molecule is CCCCCCCCCCCCCCCCCN(CCCCCCCCCCCCCCCCC)C(=O)CC#N. The van der Waals surface area contributed by atoms with Gasteiger partial charge in [0.2, 0.25) is 5.91 Å². The molecule has 0 aliphatic carbocycles. The zero-order valence-corrected chi connectivity index (χ0v) is 27.6. The number of hydrogen-bond acceptors (Lipinski definition) is 2. The summed E-state index contributed by atoms with van der Waals surface area (Å²) in [6.07, 6.45) is 40.9. The van der Waals surface area contributed by atoms with Crippen molar-refractivity contribution in [1.82, 2.24) is 4.90 Å². The van der Waals surface area contributed by atoms with Crippen molar-refractivity contribution >= 4 is 5.91 Å². The Morgan fingerprint density at radius 3 is 0.875 bits per heavy atom. The van der Waals surface area contributed by atoms with Gasteiger partial charge in [-0.05, 0) is 12.8 Å². The number of hydrogen-bond donors (Lipinski definition) is 0. The van der Waals surface area contributed by atoms with Gasteiger partial charge in [-0.3, -0.25) is 4.79 Å². The predicted molar refractivity (Wildman–Crippen MR) is 177 cm³/mol. The summed E-state index contributed by atoms with van der Waals surface area (Å²) in [6, 6.07) is 2.06. The van der Waals surface area contributed by atoms with Gasteiger partial charge in [0.05, 0.1) is 6.07 Å². The van der Waals surface area contributed by atoms with Gasteiger partial charge in [0.15, 0.2) is 0 Å². The van der Waals surface area contributed by atoms with E-state index in [1.54, 1.807) is 0 Å². The lowest BCUT2D eigenvalue weighted by Gasteiger charge is -2.21. The summed E-state index contributed by atoms with van der Waals surface area (Å²) in [5.74, 6) is 0.0400. The minimum atomic E-state index is 0.0392. The van der Waals surface area contributed by atoms with Crippen molar-refractivity contribution < 1.29 is 4.79 Å². The van der Waals surface area contributed by atoms with Crippen LogP contribution in [0.15, 0.2) is 0 Å². The molecule has 40 heavy (non-hydrogen) atoms. The Hall–Kier alpha value is -1.04. The number of carbonyl (C=O) groups is 1. The highest BCUT2D eigenvalue weighted by Crippen LogP contribution is 2.15. The fourth-order valence-corrected chi connectivity index (χ4v) is 5.89. The van der Waals surface area contributed by atoms with Crippen molar-refractivity contribution in [1.29, 1.82) is 5.26 Å². The third kappa shape index (κ3) is 29.9. The monoisotopic (exact) mass is 561 g/mol. The van der Waals surface area contributed by atoms with Crippen LogP contribution >= 0.6 is 0 Å². The Bertz CT molecular complexity index is 507. The van der Waals surface area contributed by atoms with Gasteiger partial charge in [-0.2, -0.15) is 5.26 Å². The molecule has 0 aromatic heterocycles. The van der Waals surface area contributed by atoms with Crippen molar-refractivity contribution in [2.45, 2.75) is 213 Å². The van der Waals surface area contributed by atoms with Crippen molar-refractivity contribution in [2.24, 2.45) is 0 Å². The normalized spacial score (nSPS) is 11.1. The Labute approximate surface area is 252 Å². The van der Waals surface area contributed by atoms with Gasteiger partial charge in [-0.1, -0.05) is 194 Å². The summed E-state index contributed by atoms with van der Waals surface area (Å²) in [5, 5.41) is 9.00. The van der Waals surface area contributed by atoms with Gasteiger partial charge in [-0.25, -0.2) is 0 Å². The Kier molecular flexibility index (Phi) is 33.3. The molecule has 0 spiro atoms. The molecule has 0 unspecified atom stereocenters. The summed E-state index contributed by atoms with van der Waals surface area (Å²) >= 11 is 0.